The predicted molar refractivity (Wildman–Crippen MR) is 217 cm³/mol. The summed E-state index contributed by atoms with van der Waals surface area (Å²) in [4.78, 5) is 49.4. The van der Waals surface area contributed by atoms with Crippen LogP contribution in [0.15, 0.2) is 60.9 Å². The first-order valence-corrected chi connectivity index (χ1v) is 19.2. The number of aromatic nitrogens is 3. The normalized spacial score (nSPS) is 17.3. The molecule has 5 heterocycles. The number of nitrogens with zero attached hydrogens (tertiary/aromatic N) is 7. The summed E-state index contributed by atoms with van der Waals surface area (Å²) in [7, 11) is 5.52. The first kappa shape index (κ1) is 38.9. The molecule has 2 aliphatic rings. The second-order valence-corrected chi connectivity index (χ2v) is 15.8. The SMILES string of the molecule is COc1ccc(-c2cnc(N3CCN(C(=O)/C=C/CN(C)C)C(C)C3)c(N3CCC(C)(O)CC3)c2)nc1Nc1ncc(C(=O)Nc2c(C)cccc2Cl)s1. The van der Waals surface area contributed by atoms with Gasteiger partial charge in [-0.3, -0.25) is 9.59 Å². The fourth-order valence-electron chi connectivity index (χ4n) is 6.59. The van der Waals surface area contributed by atoms with Gasteiger partial charge in [-0.05, 0) is 77.5 Å². The molecule has 1 unspecified atom stereocenters. The molecule has 1 atom stereocenters. The van der Waals surface area contributed by atoms with E-state index in [4.69, 9.17) is 26.3 Å². The van der Waals surface area contributed by atoms with Crippen LogP contribution in [0, 0.1) is 6.92 Å². The molecule has 0 aliphatic carbocycles. The number of amides is 2. The number of ether oxygens (including phenoxy) is 1. The van der Waals surface area contributed by atoms with Crippen LogP contribution in [0.3, 0.4) is 0 Å². The number of rotatable bonds is 11. The first-order valence-electron chi connectivity index (χ1n) is 18.0. The molecule has 15 heteroatoms. The number of halogens is 1. The molecule has 54 heavy (non-hydrogen) atoms. The van der Waals surface area contributed by atoms with Crippen LogP contribution >= 0.6 is 22.9 Å². The lowest BCUT2D eigenvalue weighted by Gasteiger charge is -2.43. The third-order valence-electron chi connectivity index (χ3n) is 9.76. The highest BCUT2D eigenvalue weighted by atomic mass is 35.5. The molecule has 0 radical (unpaired) electrons. The predicted octanol–water partition coefficient (Wildman–Crippen LogP) is 6.07. The molecule has 4 aromatic rings. The number of piperidine rings is 1. The Labute approximate surface area is 325 Å². The number of carbonyl (C=O) groups is 2. The zero-order valence-electron chi connectivity index (χ0n) is 31.6. The topological polar surface area (TPSA) is 139 Å². The van der Waals surface area contributed by atoms with E-state index in [0.717, 1.165) is 22.6 Å². The average Bonchev–Trinajstić information content (AvgIpc) is 3.61. The standard InChI is InChI=1S/C39H48ClN9O4S/c1-25-9-7-10-28(40)34(25)44-37(51)32-23-42-38(54-32)45-35-31(53-6)13-12-29(43-35)27-21-30(47-17-14-39(3,52)15-18-47)36(41-22-27)48-19-20-49(26(2)24-48)33(50)11-8-16-46(4)5/h7-13,21-23,26,52H,14-20,24H2,1-6H3,(H,44,51)(H,42,43,45)/b11-8+. The molecule has 1 aromatic carbocycles. The van der Waals surface area contributed by atoms with Crippen LogP contribution in [0.2, 0.25) is 5.02 Å². The van der Waals surface area contributed by atoms with Crippen molar-refractivity contribution >= 4 is 62.9 Å². The van der Waals surface area contributed by atoms with Gasteiger partial charge < -0.3 is 40.1 Å². The summed E-state index contributed by atoms with van der Waals surface area (Å²) in [6, 6.07) is 11.3. The number of benzene rings is 1. The number of piperazine rings is 1. The smallest absolute Gasteiger partial charge is 0.267 e. The van der Waals surface area contributed by atoms with Crippen molar-refractivity contribution < 1.29 is 19.4 Å². The quantitative estimate of drug-likeness (QED) is 0.153. The molecule has 0 bridgehead atoms. The van der Waals surface area contributed by atoms with Gasteiger partial charge in [-0.2, -0.15) is 0 Å². The Balaban J connectivity index is 1.24. The number of aliphatic hydroxyl groups is 1. The second-order valence-electron chi connectivity index (χ2n) is 14.3. The van der Waals surface area contributed by atoms with E-state index < -0.39 is 5.60 Å². The highest BCUT2D eigenvalue weighted by Gasteiger charge is 2.32. The Kier molecular flexibility index (Phi) is 12.1. The van der Waals surface area contributed by atoms with Gasteiger partial charge in [-0.25, -0.2) is 15.0 Å². The van der Waals surface area contributed by atoms with Crippen molar-refractivity contribution in [3.05, 3.63) is 76.4 Å². The fraction of sp³-hybridized carbons (Fsp3) is 0.410. The van der Waals surface area contributed by atoms with Gasteiger partial charge in [0, 0.05) is 63.1 Å². The van der Waals surface area contributed by atoms with Crippen LogP contribution in [-0.4, -0.2) is 114 Å². The van der Waals surface area contributed by atoms with Crippen molar-refractivity contribution in [1.82, 2.24) is 24.8 Å². The summed E-state index contributed by atoms with van der Waals surface area (Å²) in [6.45, 7) is 9.76. The molecule has 2 aliphatic heterocycles. The van der Waals surface area contributed by atoms with Crippen molar-refractivity contribution in [2.75, 3.05) is 80.9 Å². The molecule has 13 nitrogen and oxygen atoms in total. The van der Waals surface area contributed by atoms with Crippen molar-refractivity contribution in [2.24, 2.45) is 0 Å². The minimum atomic E-state index is -0.718. The van der Waals surface area contributed by atoms with Gasteiger partial charge in [0.05, 0.1) is 41.0 Å². The third kappa shape index (κ3) is 9.12. The van der Waals surface area contributed by atoms with E-state index in [1.807, 2.05) is 74.3 Å². The number of likely N-dealkylation sites (N-methyl/N-ethyl adjacent to an activating group) is 1. The molecule has 6 rings (SSSR count). The number of carbonyl (C=O) groups excluding carboxylic acids is 2. The Morgan fingerprint density at radius 1 is 1.11 bits per heavy atom. The summed E-state index contributed by atoms with van der Waals surface area (Å²) in [5.41, 5.74) is 3.13. The maximum atomic E-state index is 13.1. The second kappa shape index (κ2) is 16.7. The van der Waals surface area contributed by atoms with Gasteiger partial charge in [0.15, 0.2) is 22.5 Å². The Morgan fingerprint density at radius 2 is 1.89 bits per heavy atom. The maximum Gasteiger partial charge on any atom is 0.267 e. The lowest BCUT2D eigenvalue weighted by Crippen LogP contribution is -2.54. The van der Waals surface area contributed by atoms with Crippen LogP contribution in [0.4, 0.5) is 28.1 Å². The van der Waals surface area contributed by atoms with Gasteiger partial charge in [0.2, 0.25) is 5.91 Å². The molecule has 286 valence electrons. The number of para-hydroxylation sites is 1. The number of hydrogen-bond donors (Lipinski definition) is 3. The summed E-state index contributed by atoms with van der Waals surface area (Å²) in [6.07, 6.45) is 8.17. The highest BCUT2D eigenvalue weighted by Crippen LogP contribution is 2.38. The number of pyridine rings is 2. The van der Waals surface area contributed by atoms with E-state index in [9.17, 15) is 14.7 Å². The highest BCUT2D eigenvalue weighted by molar-refractivity contribution is 7.17. The number of methoxy groups -OCH3 is 1. The van der Waals surface area contributed by atoms with Crippen molar-refractivity contribution in [3.63, 3.8) is 0 Å². The van der Waals surface area contributed by atoms with Crippen LogP contribution < -0.4 is 25.2 Å². The molecule has 2 amide bonds. The van der Waals surface area contributed by atoms with Crippen LogP contribution in [-0.2, 0) is 4.79 Å². The van der Waals surface area contributed by atoms with E-state index in [-0.39, 0.29) is 17.9 Å². The van der Waals surface area contributed by atoms with Crippen molar-refractivity contribution in [1.29, 1.82) is 0 Å². The van der Waals surface area contributed by atoms with Gasteiger partial charge in [-0.15, -0.1) is 0 Å². The van der Waals surface area contributed by atoms with Crippen LogP contribution in [0.25, 0.3) is 11.3 Å². The zero-order chi connectivity index (χ0) is 38.6. The van der Waals surface area contributed by atoms with Crippen LogP contribution in [0.5, 0.6) is 5.75 Å². The molecule has 3 aromatic heterocycles. The van der Waals surface area contributed by atoms with E-state index in [1.54, 1.807) is 19.3 Å². The molecule has 3 N–H and O–H groups in total. The summed E-state index contributed by atoms with van der Waals surface area (Å²) in [5.74, 6) is 1.49. The minimum absolute atomic E-state index is 0.0127. The van der Waals surface area contributed by atoms with Crippen molar-refractivity contribution in [3.8, 4) is 17.0 Å². The molecule has 2 saturated heterocycles. The lowest BCUT2D eigenvalue weighted by atomic mass is 9.93. The van der Waals surface area contributed by atoms with Gasteiger partial charge in [-0.1, -0.05) is 41.1 Å². The van der Waals surface area contributed by atoms with E-state index >= 15 is 0 Å². The molecule has 0 saturated carbocycles. The number of aryl methyl sites for hydroxylation is 1. The van der Waals surface area contributed by atoms with Crippen LogP contribution in [0.1, 0.15) is 41.9 Å². The Morgan fingerprint density at radius 3 is 2.59 bits per heavy atom. The Bertz CT molecular complexity index is 1990. The lowest BCUT2D eigenvalue weighted by molar-refractivity contribution is -0.128. The number of anilines is 5. The first-order chi connectivity index (χ1) is 25.8. The number of nitrogens with one attached hydrogen (secondary N) is 2. The third-order valence-corrected chi connectivity index (χ3v) is 11.0. The zero-order valence-corrected chi connectivity index (χ0v) is 33.2. The molecular weight excluding hydrogens is 726 g/mol. The molecular formula is C39H48ClN9O4S. The van der Waals surface area contributed by atoms with E-state index in [2.05, 4.69) is 38.4 Å². The average molecular weight is 774 g/mol. The molecule has 0 spiro atoms. The summed E-state index contributed by atoms with van der Waals surface area (Å²) >= 11 is 7.52. The monoisotopic (exact) mass is 773 g/mol. The van der Waals surface area contributed by atoms with Crippen molar-refractivity contribution in [2.45, 2.75) is 45.3 Å². The number of thiazole rings is 1. The van der Waals surface area contributed by atoms with Gasteiger partial charge in [0.1, 0.15) is 4.88 Å². The van der Waals surface area contributed by atoms with E-state index in [1.165, 1.54) is 17.5 Å². The summed E-state index contributed by atoms with van der Waals surface area (Å²) < 4.78 is 5.64. The maximum absolute atomic E-state index is 13.1. The fourth-order valence-corrected chi connectivity index (χ4v) is 7.57. The summed E-state index contributed by atoms with van der Waals surface area (Å²) in [5, 5.41) is 17.8. The minimum Gasteiger partial charge on any atom is -0.493 e. The van der Waals surface area contributed by atoms with Gasteiger partial charge >= 0.3 is 0 Å². The number of hydrogen-bond acceptors (Lipinski definition) is 12. The largest absolute Gasteiger partial charge is 0.493 e. The Hall–Kier alpha value is -4.76. The van der Waals surface area contributed by atoms with E-state index in [0.29, 0.717) is 90.1 Å². The molecule has 2 fully saturated rings. The van der Waals surface area contributed by atoms with Gasteiger partial charge in [0.25, 0.3) is 5.91 Å².